The van der Waals surface area contributed by atoms with Crippen LogP contribution in [0.1, 0.15) is 31.7 Å². The van der Waals surface area contributed by atoms with E-state index in [-0.39, 0.29) is 45.2 Å². The highest BCUT2D eigenvalue weighted by molar-refractivity contribution is 7.93. The average molecular weight is 666 g/mol. The van der Waals surface area contributed by atoms with Gasteiger partial charge in [0.2, 0.25) is 5.95 Å². The van der Waals surface area contributed by atoms with E-state index in [1.807, 2.05) is 4.72 Å². The van der Waals surface area contributed by atoms with Crippen LogP contribution in [0.15, 0.2) is 53.6 Å². The molecule has 1 spiro atoms. The van der Waals surface area contributed by atoms with Crippen LogP contribution in [0.2, 0.25) is 0 Å². The van der Waals surface area contributed by atoms with Gasteiger partial charge < -0.3 is 10.4 Å². The Bertz CT molecular complexity index is 1970. The van der Waals surface area contributed by atoms with Crippen LogP contribution >= 0.6 is 11.3 Å². The molecule has 3 heterocycles. The number of nitrogens with one attached hydrogen (secondary N) is 2. The number of aliphatic hydroxyl groups is 1. The molecule has 1 aliphatic heterocycles. The predicted octanol–water partition coefficient (Wildman–Crippen LogP) is 4.70. The van der Waals surface area contributed by atoms with E-state index in [9.17, 15) is 30.7 Å². The van der Waals surface area contributed by atoms with Crippen LogP contribution in [-0.4, -0.2) is 54.4 Å². The number of benzene rings is 2. The second kappa shape index (κ2) is 10.5. The smallest absolute Gasteiger partial charge is 0.267 e. The minimum atomic E-state index is -4.86. The monoisotopic (exact) mass is 665 g/mol. The molecule has 0 unspecified atom stereocenters. The Hall–Kier alpha value is -3.60. The molecule has 0 amide bonds. The first-order chi connectivity index (χ1) is 20.6. The van der Waals surface area contributed by atoms with Gasteiger partial charge >= 0.3 is 0 Å². The molecule has 44 heavy (non-hydrogen) atoms. The number of hydrogen-bond donors (Lipinski definition) is 3. The molecule has 16 heteroatoms. The number of anilines is 2. The molecule has 10 nitrogen and oxygen atoms in total. The number of rotatable bonds is 8. The summed E-state index contributed by atoms with van der Waals surface area (Å²) in [6.07, 6.45) is 2.82. The number of aromatic nitrogens is 3. The van der Waals surface area contributed by atoms with Crippen molar-refractivity contribution < 1.29 is 35.1 Å². The molecule has 1 aliphatic carbocycles. The third-order valence-electron chi connectivity index (χ3n) is 7.47. The van der Waals surface area contributed by atoms with Crippen molar-refractivity contribution in [2.75, 3.05) is 21.5 Å². The molecule has 232 valence electrons. The van der Waals surface area contributed by atoms with Gasteiger partial charge in [-0.25, -0.2) is 45.0 Å². The quantitative estimate of drug-likeness (QED) is 0.243. The van der Waals surface area contributed by atoms with Crippen molar-refractivity contribution in [3.8, 4) is 21.8 Å². The highest BCUT2D eigenvalue weighted by Crippen LogP contribution is 2.50. The van der Waals surface area contributed by atoms with E-state index in [4.69, 9.17) is 0 Å². The average Bonchev–Trinajstić information content (AvgIpc) is 3.34. The summed E-state index contributed by atoms with van der Waals surface area (Å²) in [6.45, 7) is 3.01. The zero-order valence-corrected chi connectivity index (χ0v) is 25.8. The van der Waals surface area contributed by atoms with E-state index in [2.05, 4.69) is 20.3 Å². The van der Waals surface area contributed by atoms with Crippen LogP contribution < -0.4 is 10.0 Å². The van der Waals surface area contributed by atoms with Gasteiger partial charge in [0, 0.05) is 23.2 Å². The molecular formula is C28H26F3N5O5S3. The van der Waals surface area contributed by atoms with Crippen LogP contribution in [-0.2, 0) is 25.5 Å². The number of halogens is 3. The summed E-state index contributed by atoms with van der Waals surface area (Å²) in [7, 11) is -7.82. The van der Waals surface area contributed by atoms with Crippen molar-refractivity contribution in [1.82, 2.24) is 15.0 Å². The largest absolute Gasteiger partial charge is 0.383 e. The summed E-state index contributed by atoms with van der Waals surface area (Å²) >= 11 is 1.05. The fourth-order valence-electron chi connectivity index (χ4n) is 5.62. The van der Waals surface area contributed by atoms with E-state index >= 15 is 4.39 Å². The lowest BCUT2D eigenvalue weighted by Crippen LogP contribution is -2.60. The van der Waals surface area contributed by atoms with E-state index in [1.165, 1.54) is 32.2 Å². The van der Waals surface area contributed by atoms with Crippen molar-refractivity contribution in [3.63, 3.8) is 0 Å². The molecule has 0 radical (unpaired) electrons. The third-order valence-corrected chi connectivity index (χ3v) is 12.4. The van der Waals surface area contributed by atoms with E-state index in [0.29, 0.717) is 23.4 Å². The van der Waals surface area contributed by atoms with Crippen molar-refractivity contribution in [1.29, 1.82) is 0 Å². The molecule has 3 N–H and O–H groups in total. The number of nitrogens with zero attached hydrogens (tertiary/aromatic N) is 3. The van der Waals surface area contributed by atoms with Crippen LogP contribution in [0.4, 0.5) is 24.8 Å². The zero-order valence-electron chi connectivity index (χ0n) is 23.3. The summed E-state index contributed by atoms with van der Waals surface area (Å²) in [5, 5.41) is 14.1. The van der Waals surface area contributed by atoms with E-state index < -0.39 is 53.5 Å². The van der Waals surface area contributed by atoms with Crippen molar-refractivity contribution in [3.05, 3.63) is 71.1 Å². The maximum absolute atomic E-state index is 16.0. The fraction of sp³-hybridized carbons (Fsp3) is 0.321. The standard InChI is InChI=1S/C28H26F3N5O5S3/c1-27(2,37)25-35-22(16-5-3-8-19(21(16)31)36-44(40,41)24-17(29)6-4-7-18(24)30)23(42-25)20-9-10-32-26(34-20)33-15-11-28(12-15)13-43(38,39)14-28/h3-10,15,36-37H,11-14H2,1-2H3,(H,32,33,34). The lowest BCUT2D eigenvalue weighted by molar-refractivity contribution is 0.0783. The number of thiazole rings is 1. The van der Waals surface area contributed by atoms with Gasteiger partial charge in [-0.2, -0.15) is 0 Å². The Balaban J connectivity index is 1.34. The molecule has 2 fully saturated rings. The first kappa shape index (κ1) is 30.4. The van der Waals surface area contributed by atoms with Gasteiger partial charge in [0.25, 0.3) is 10.0 Å². The molecular weight excluding hydrogens is 640 g/mol. The molecule has 2 aromatic carbocycles. The minimum absolute atomic E-state index is 0.0185. The summed E-state index contributed by atoms with van der Waals surface area (Å²) in [5.74, 6) is -3.12. The second-order valence-corrected chi connectivity index (χ2v) is 16.3. The van der Waals surface area contributed by atoms with Crippen LogP contribution in [0.25, 0.3) is 21.8 Å². The fourth-order valence-corrected chi connectivity index (χ4v) is 10.1. The highest BCUT2D eigenvalue weighted by Gasteiger charge is 2.56. The second-order valence-electron chi connectivity index (χ2n) is 11.6. The van der Waals surface area contributed by atoms with Gasteiger partial charge in [-0.1, -0.05) is 12.1 Å². The van der Waals surface area contributed by atoms with Crippen molar-refractivity contribution in [2.45, 2.75) is 43.2 Å². The molecule has 1 saturated heterocycles. The number of sulfone groups is 1. The van der Waals surface area contributed by atoms with Crippen molar-refractivity contribution >= 4 is 42.8 Å². The number of sulfonamides is 1. The third kappa shape index (κ3) is 5.66. The first-order valence-electron chi connectivity index (χ1n) is 13.4. The van der Waals surface area contributed by atoms with Gasteiger partial charge in [0.05, 0.1) is 33.5 Å². The lowest BCUT2D eigenvalue weighted by atomic mass is 9.67. The Morgan fingerprint density at radius 1 is 1.02 bits per heavy atom. The normalized spacial score (nSPS) is 17.6. The SMILES string of the molecule is CC(C)(O)c1nc(-c2cccc(NS(=O)(=O)c3c(F)cccc3F)c2F)c(-c2ccnc(NC3CC4(C3)CS(=O)(=O)C4)n2)s1. The summed E-state index contributed by atoms with van der Waals surface area (Å²) in [6, 6.07) is 7.91. The van der Waals surface area contributed by atoms with E-state index in [1.54, 1.807) is 6.07 Å². The topological polar surface area (TPSA) is 151 Å². The number of hydrogen-bond acceptors (Lipinski definition) is 10. The zero-order chi connectivity index (χ0) is 31.7. The van der Waals surface area contributed by atoms with Gasteiger partial charge in [-0.15, -0.1) is 11.3 Å². The minimum Gasteiger partial charge on any atom is -0.383 e. The molecule has 1 saturated carbocycles. The summed E-state index contributed by atoms with van der Waals surface area (Å²) in [4.78, 5) is 12.4. The lowest BCUT2D eigenvalue weighted by Gasteiger charge is -2.53. The van der Waals surface area contributed by atoms with Gasteiger partial charge in [-0.05, 0) is 57.0 Å². The Labute approximate surface area is 255 Å². The maximum Gasteiger partial charge on any atom is 0.267 e. The Kier molecular flexibility index (Phi) is 7.26. The van der Waals surface area contributed by atoms with Crippen molar-refractivity contribution in [2.24, 2.45) is 5.41 Å². The van der Waals surface area contributed by atoms with Crippen LogP contribution in [0, 0.1) is 22.9 Å². The molecule has 0 bridgehead atoms. The Morgan fingerprint density at radius 2 is 1.68 bits per heavy atom. The van der Waals surface area contributed by atoms with Gasteiger partial charge in [0.15, 0.2) is 20.5 Å². The molecule has 0 atom stereocenters. The first-order valence-corrected chi connectivity index (χ1v) is 17.5. The predicted molar refractivity (Wildman–Crippen MR) is 159 cm³/mol. The summed E-state index contributed by atoms with van der Waals surface area (Å²) in [5.41, 5.74) is -1.95. The Morgan fingerprint density at radius 3 is 2.32 bits per heavy atom. The van der Waals surface area contributed by atoms with Crippen LogP contribution in [0.5, 0.6) is 0 Å². The molecule has 2 aromatic heterocycles. The van der Waals surface area contributed by atoms with E-state index in [0.717, 1.165) is 35.6 Å². The maximum atomic E-state index is 16.0. The van der Waals surface area contributed by atoms with Gasteiger partial charge in [-0.3, -0.25) is 4.72 Å². The molecule has 6 rings (SSSR count). The summed E-state index contributed by atoms with van der Waals surface area (Å²) < 4.78 is 95.4. The molecule has 4 aromatic rings. The molecule has 2 aliphatic rings. The highest BCUT2D eigenvalue weighted by atomic mass is 32.2. The van der Waals surface area contributed by atoms with Gasteiger partial charge in [0.1, 0.15) is 22.2 Å². The van der Waals surface area contributed by atoms with Crippen LogP contribution in [0.3, 0.4) is 0 Å².